The molecule has 7 nitrogen and oxygen atoms in total. The summed E-state index contributed by atoms with van der Waals surface area (Å²) in [6.45, 7) is 2.12. The highest BCUT2D eigenvalue weighted by molar-refractivity contribution is 6.04. The van der Waals surface area contributed by atoms with Crippen LogP contribution in [0.15, 0.2) is 47.4 Å². The van der Waals surface area contributed by atoms with Crippen LogP contribution in [0.2, 0.25) is 0 Å². The maximum absolute atomic E-state index is 12.8. The summed E-state index contributed by atoms with van der Waals surface area (Å²) in [6, 6.07) is 9.28. The van der Waals surface area contributed by atoms with E-state index in [1.54, 1.807) is 44.2 Å². The minimum Gasteiger partial charge on any atom is -0.468 e. The third-order valence-corrected chi connectivity index (χ3v) is 4.17. The number of alkyl halides is 3. The van der Waals surface area contributed by atoms with Gasteiger partial charge in [0.2, 0.25) is 5.88 Å². The van der Waals surface area contributed by atoms with Gasteiger partial charge in [-0.25, -0.2) is 9.67 Å². The number of halogens is 3. The molecule has 0 saturated carbocycles. The smallest absolute Gasteiger partial charge is 0.422 e. The Hall–Kier alpha value is -3.43. The number of pyridine rings is 1. The van der Waals surface area contributed by atoms with Crippen LogP contribution in [-0.4, -0.2) is 33.5 Å². The average Bonchev–Trinajstić information content (AvgIpc) is 2.70. The normalized spacial score (nSPS) is 11.7. The number of hydrogen-bond donors (Lipinski definition) is 1. The molecule has 0 fully saturated rings. The van der Waals surface area contributed by atoms with Gasteiger partial charge in [0.1, 0.15) is 0 Å². The lowest BCUT2D eigenvalue weighted by Crippen LogP contribution is -2.31. The van der Waals surface area contributed by atoms with Crippen LogP contribution in [0.4, 0.5) is 13.2 Å². The summed E-state index contributed by atoms with van der Waals surface area (Å²) < 4.78 is 42.7. The summed E-state index contributed by atoms with van der Waals surface area (Å²) in [5, 5.41) is 7.68. The predicted octanol–water partition coefficient (Wildman–Crippen LogP) is 3.24. The molecule has 0 aliphatic carbocycles. The van der Waals surface area contributed by atoms with Crippen molar-refractivity contribution in [3.05, 3.63) is 64.2 Å². The highest BCUT2D eigenvalue weighted by atomic mass is 19.4. The van der Waals surface area contributed by atoms with Crippen LogP contribution in [0.1, 0.15) is 35.9 Å². The van der Waals surface area contributed by atoms with Crippen LogP contribution < -0.4 is 15.6 Å². The first-order chi connectivity index (χ1) is 14.2. The number of nitrogens with one attached hydrogen (secondary N) is 1. The van der Waals surface area contributed by atoms with E-state index in [0.29, 0.717) is 16.3 Å². The average molecular weight is 420 g/mol. The zero-order valence-corrected chi connectivity index (χ0v) is 16.2. The molecular weight excluding hydrogens is 401 g/mol. The van der Waals surface area contributed by atoms with Gasteiger partial charge in [-0.1, -0.05) is 18.2 Å². The standard InChI is InChI=1S/C20H19F3N4O3/c1-12(2)27-19(29)15-6-4-3-5-14(15)17(26-27)18(28)25-10-13-7-8-24-16(9-13)30-11-20(21,22)23/h3-9,12H,10-11H2,1-2H3,(H,25,28). The number of ether oxygens (including phenoxy) is 1. The van der Waals surface area contributed by atoms with Gasteiger partial charge in [-0.05, 0) is 31.5 Å². The van der Waals surface area contributed by atoms with Gasteiger partial charge in [-0.2, -0.15) is 18.3 Å². The van der Waals surface area contributed by atoms with Crippen molar-refractivity contribution < 1.29 is 22.7 Å². The second-order valence-electron chi connectivity index (χ2n) is 6.83. The Labute approximate surface area is 169 Å². The van der Waals surface area contributed by atoms with Gasteiger partial charge in [0.15, 0.2) is 12.3 Å². The van der Waals surface area contributed by atoms with Crippen molar-refractivity contribution >= 4 is 16.7 Å². The van der Waals surface area contributed by atoms with E-state index >= 15 is 0 Å². The van der Waals surface area contributed by atoms with E-state index in [9.17, 15) is 22.8 Å². The molecule has 2 heterocycles. The Kier molecular flexibility index (Phi) is 6.04. The molecule has 3 aromatic rings. The van der Waals surface area contributed by atoms with Crippen molar-refractivity contribution in [1.82, 2.24) is 20.1 Å². The van der Waals surface area contributed by atoms with Gasteiger partial charge in [0.25, 0.3) is 11.5 Å². The second kappa shape index (κ2) is 8.52. The van der Waals surface area contributed by atoms with E-state index in [-0.39, 0.29) is 29.7 Å². The predicted molar refractivity (Wildman–Crippen MR) is 103 cm³/mol. The highest BCUT2D eigenvalue weighted by Crippen LogP contribution is 2.18. The quantitative estimate of drug-likeness (QED) is 0.662. The van der Waals surface area contributed by atoms with Gasteiger partial charge >= 0.3 is 6.18 Å². The number of fused-ring (bicyclic) bond motifs is 1. The number of benzene rings is 1. The van der Waals surface area contributed by atoms with E-state index in [1.807, 2.05) is 0 Å². The SMILES string of the molecule is CC(C)n1nc(C(=O)NCc2ccnc(OCC(F)(F)F)c2)c2ccccc2c1=O. The van der Waals surface area contributed by atoms with Crippen molar-refractivity contribution in [3.63, 3.8) is 0 Å². The summed E-state index contributed by atoms with van der Waals surface area (Å²) in [6.07, 6.45) is -3.18. The lowest BCUT2D eigenvalue weighted by molar-refractivity contribution is -0.154. The van der Waals surface area contributed by atoms with Crippen molar-refractivity contribution in [2.24, 2.45) is 0 Å². The lowest BCUT2D eigenvalue weighted by atomic mass is 10.1. The first-order valence-electron chi connectivity index (χ1n) is 9.10. The van der Waals surface area contributed by atoms with Crippen LogP contribution >= 0.6 is 0 Å². The minimum atomic E-state index is -4.47. The van der Waals surface area contributed by atoms with E-state index in [4.69, 9.17) is 0 Å². The van der Waals surface area contributed by atoms with Crippen LogP contribution in [0, 0.1) is 0 Å². The number of carbonyl (C=O) groups excluding carboxylic acids is 1. The fraction of sp³-hybridized carbons (Fsp3) is 0.300. The minimum absolute atomic E-state index is 0.0144. The van der Waals surface area contributed by atoms with Crippen molar-refractivity contribution in [3.8, 4) is 5.88 Å². The summed E-state index contributed by atoms with van der Waals surface area (Å²) in [4.78, 5) is 29.1. The fourth-order valence-electron chi connectivity index (χ4n) is 2.79. The van der Waals surface area contributed by atoms with Gasteiger partial charge < -0.3 is 10.1 Å². The number of rotatable bonds is 6. The Bertz CT molecular complexity index is 1130. The zero-order chi connectivity index (χ0) is 21.9. The molecule has 3 rings (SSSR count). The van der Waals surface area contributed by atoms with E-state index in [1.165, 1.54) is 16.9 Å². The monoisotopic (exact) mass is 420 g/mol. The van der Waals surface area contributed by atoms with Gasteiger partial charge in [-0.15, -0.1) is 0 Å². The fourth-order valence-corrected chi connectivity index (χ4v) is 2.79. The lowest BCUT2D eigenvalue weighted by Gasteiger charge is -2.13. The molecule has 0 unspecified atom stereocenters. The number of nitrogens with zero attached hydrogens (tertiary/aromatic N) is 3. The highest BCUT2D eigenvalue weighted by Gasteiger charge is 2.28. The molecule has 0 aliphatic rings. The Morgan fingerprint density at radius 1 is 1.20 bits per heavy atom. The molecule has 0 aliphatic heterocycles. The van der Waals surface area contributed by atoms with Gasteiger partial charge in [0.05, 0.1) is 11.4 Å². The maximum Gasteiger partial charge on any atom is 0.422 e. The molecule has 0 spiro atoms. The molecular formula is C20H19F3N4O3. The molecule has 1 N–H and O–H groups in total. The third-order valence-electron chi connectivity index (χ3n) is 4.17. The van der Waals surface area contributed by atoms with Crippen molar-refractivity contribution in [1.29, 1.82) is 0 Å². The van der Waals surface area contributed by atoms with Crippen LogP contribution in [-0.2, 0) is 6.54 Å². The molecule has 0 radical (unpaired) electrons. The van der Waals surface area contributed by atoms with Crippen LogP contribution in [0.5, 0.6) is 5.88 Å². The molecule has 1 aromatic carbocycles. The number of hydrogen-bond acceptors (Lipinski definition) is 5. The maximum atomic E-state index is 12.8. The molecule has 0 saturated heterocycles. The van der Waals surface area contributed by atoms with E-state index in [2.05, 4.69) is 20.1 Å². The molecule has 158 valence electrons. The summed E-state index contributed by atoms with van der Waals surface area (Å²) in [5.74, 6) is -0.717. The third kappa shape index (κ3) is 4.94. The number of amides is 1. The summed E-state index contributed by atoms with van der Waals surface area (Å²) in [5.41, 5.74) is 0.288. The van der Waals surface area contributed by atoms with Gasteiger partial charge in [-0.3, -0.25) is 9.59 Å². The van der Waals surface area contributed by atoms with Crippen LogP contribution in [0.25, 0.3) is 10.8 Å². The Morgan fingerprint density at radius 3 is 2.57 bits per heavy atom. The molecule has 0 atom stereocenters. The number of carbonyl (C=O) groups is 1. The topological polar surface area (TPSA) is 86.1 Å². The molecule has 10 heteroatoms. The van der Waals surface area contributed by atoms with Crippen molar-refractivity contribution in [2.75, 3.05) is 6.61 Å². The second-order valence-corrected chi connectivity index (χ2v) is 6.83. The molecule has 0 bridgehead atoms. The number of aromatic nitrogens is 3. The van der Waals surface area contributed by atoms with E-state index < -0.39 is 18.7 Å². The van der Waals surface area contributed by atoms with Gasteiger partial charge in [0, 0.05) is 24.2 Å². The largest absolute Gasteiger partial charge is 0.468 e. The molecule has 1 amide bonds. The van der Waals surface area contributed by atoms with E-state index in [0.717, 1.165) is 0 Å². The molecule has 30 heavy (non-hydrogen) atoms. The summed E-state index contributed by atoms with van der Waals surface area (Å²) in [7, 11) is 0. The molecule has 2 aromatic heterocycles. The Balaban J connectivity index is 1.81. The first kappa shape index (κ1) is 21.3. The zero-order valence-electron chi connectivity index (χ0n) is 16.2. The summed E-state index contributed by atoms with van der Waals surface area (Å²) >= 11 is 0. The first-order valence-corrected chi connectivity index (χ1v) is 9.10. The van der Waals surface area contributed by atoms with Crippen LogP contribution in [0.3, 0.4) is 0 Å². The van der Waals surface area contributed by atoms with Crippen molar-refractivity contribution in [2.45, 2.75) is 32.6 Å². The Morgan fingerprint density at radius 2 is 1.90 bits per heavy atom.